The van der Waals surface area contributed by atoms with Gasteiger partial charge in [-0.2, -0.15) is 4.68 Å². The van der Waals surface area contributed by atoms with Crippen LogP contribution in [0.25, 0.3) is 11.7 Å². The zero-order valence-electron chi connectivity index (χ0n) is 12.6. The first kappa shape index (κ1) is 15.7. The molecule has 1 amide bonds. The highest BCUT2D eigenvalue weighted by Gasteiger charge is 2.14. The molecule has 3 rings (SSSR count). The van der Waals surface area contributed by atoms with Gasteiger partial charge in [-0.1, -0.05) is 12.1 Å². The predicted octanol–water partition coefficient (Wildman–Crippen LogP) is 1.59. The highest BCUT2D eigenvalue weighted by Crippen LogP contribution is 2.14. The van der Waals surface area contributed by atoms with Crippen LogP contribution in [0, 0.1) is 5.82 Å². The van der Waals surface area contributed by atoms with Crippen LogP contribution in [0.3, 0.4) is 0 Å². The van der Waals surface area contributed by atoms with Gasteiger partial charge < -0.3 is 14.2 Å². The van der Waals surface area contributed by atoms with E-state index in [4.69, 9.17) is 8.83 Å². The van der Waals surface area contributed by atoms with Gasteiger partial charge in [0.25, 0.3) is 5.89 Å². The van der Waals surface area contributed by atoms with E-state index in [1.165, 1.54) is 18.4 Å². The molecule has 0 atom stereocenters. The van der Waals surface area contributed by atoms with E-state index in [-0.39, 0.29) is 24.2 Å². The molecular formula is C16H14FN3O4. The molecule has 0 aliphatic carbocycles. The number of amides is 1. The molecule has 0 saturated carbocycles. The zero-order chi connectivity index (χ0) is 16.9. The second-order valence-electron chi connectivity index (χ2n) is 5.03. The molecular weight excluding hydrogens is 317 g/mol. The zero-order valence-corrected chi connectivity index (χ0v) is 12.6. The van der Waals surface area contributed by atoms with Crippen molar-refractivity contribution in [3.05, 3.63) is 64.6 Å². The molecule has 3 aromatic rings. The van der Waals surface area contributed by atoms with Crippen molar-refractivity contribution in [2.75, 3.05) is 6.54 Å². The van der Waals surface area contributed by atoms with E-state index in [1.54, 1.807) is 24.3 Å². The molecule has 0 saturated heterocycles. The summed E-state index contributed by atoms with van der Waals surface area (Å²) in [6, 6.07) is 9.26. The van der Waals surface area contributed by atoms with Crippen LogP contribution in [-0.4, -0.2) is 22.2 Å². The minimum atomic E-state index is -0.741. The predicted molar refractivity (Wildman–Crippen MR) is 81.6 cm³/mol. The van der Waals surface area contributed by atoms with Gasteiger partial charge in [-0.25, -0.2) is 9.18 Å². The molecule has 7 nitrogen and oxygen atoms in total. The molecule has 1 aromatic carbocycles. The highest BCUT2D eigenvalue weighted by atomic mass is 19.1. The van der Waals surface area contributed by atoms with Gasteiger partial charge in [-0.15, -0.1) is 5.10 Å². The number of halogens is 1. The minimum absolute atomic E-state index is 0.0177. The maximum atomic E-state index is 12.8. The van der Waals surface area contributed by atoms with Gasteiger partial charge in [0.1, 0.15) is 12.4 Å². The second-order valence-corrected chi connectivity index (χ2v) is 5.03. The lowest BCUT2D eigenvalue weighted by molar-refractivity contribution is -0.121. The summed E-state index contributed by atoms with van der Waals surface area (Å²) in [5, 5.41) is 6.58. The normalized spacial score (nSPS) is 10.7. The number of hydrogen-bond acceptors (Lipinski definition) is 5. The van der Waals surface area contributed by atoms with Gasteiger partial charge in [0.2, 0.25) is 5.91 Å². The average molecular weight is 331 g/mol. The monoisotopic (exact) mass is 331 g/mol. The average Bonchev–Trinajstić information content (AvgIpc) is 3.20. The summed E-state index contributed by atoms with van der Waals surface area (Å²) < 4.78 is 23.7. The number of rotatable bonds is 6. The van der Waals surface area contributed by atoms with Crippen LogP contribution in [0.5, 0.6) is 0 Å². The topological polar surface area (TPSA) is 90.3 Å². The lowest BCUT2D eigenvalue weighted by Gasteiger charge is -2.04. The van der Waals surface area contributed by atoms with Crippen molar-refractivity contribution in [2.24, 2.45) is 0 Å². The molecule has 0 aliphatic rings. The third-order valence-electron chi connectivity index (χ3n) is 3.28. The smallest absolute Gasteiger partial charge is 0.437 e. The number of nitrogens with one attached hydrogen (secondary N) is 1. The van der Waals surface area contributed by atoms with Crippen LogP contribution in [-0.2, 0) is 17.8 Å². The molecule has 2 heterocycles. The van der Waals surface area contributed by atoms with Crippen molar-refractivity contribution in [2.45, 2.75) is 13.0 Å². The van der Waals surface area contributed by atoms with E-state index in [1.807, 2.05) is 0 Å². The Morgan fingerprint density at radius 3 is 2.75 bits per heavy atom. The highest BCUT2D eigenvalue weighted by molar-refractivity contribution is 5.75. The molecule has 124 valence electrons. The first-order valence-electron chi connectivity index (χ1n) is 7.25. The Kier molecular flexibility index (Phi) is 4.55. The third-order valence-corrected chi connectivity index (χ3v) is 3.28. The van der Waals surface area contributed by atoms with Gasteiger partial charge in [-0.05, 0) is 36.2 Å². The van der Waals surface area contributed by atoms with E-state index in [0.29, 0.717) is 18.7 Å². The van der Waals surface area contributed by atoms with Crippen LogP contribution in [0.4, 0.5) is 4.39 Å². The van der Waals surface area contributed by atoms with E-state index >= 15 is 0 Å². The van der Waals surface area contributed by atoms with E-state index < -0.39 is 5.76 Å². The third kappa shape index (κ3) is 3.78. The minimum Gasteiger partial charge on any atom is -0.459 e. The molecule has 0 bridgehead atoms. The number of carbonyl (C=O) groups excluding carboxylic acids is 1. The van der Waals surface area contributed by atoms with Crippen molar-refractivity contribution in [1.29, 1.82) is 0 Å². The van der Waals surface area contributed by atoms with Gasteiger partial charge >= 0.3 is 5.76 Å². The fourth-order valence-corrected chi connectivity index (χ4v) is 2.10. The van der Waals surface area contributed by atoms with Crippen LogP contribution in [0.2, 0.25) is 0 Å². The maximum absolute atomic E-state index is 12.8. The fourth-order valence-electron chi connectivity index (χ4n) is 2.10. The first-order chi connectivity index (χ1) is 11.6. The quantitative estimate of drug-likeness (QED) is 0.741. The summed E-state index contributed by atoms with van der Waals surface area (Å²) in [5.74, 6) is -1.10. The molecule has 0 aliphatic heterocycles. The molecule has 8 heteroatoms. The summed E-state index contributed by atoms with van der Waals surface area (Å²) in [6.45, 7) is 0.106. The number of aromatic nitrogens is 2. The molecule has 24 heavy (non-hydrogen) atoms. The van der Waals surface area contributed by atoms with Crippen LogP contribution in [0.15, 0.2) is 56.3 Å². The SMILES string of the molecule is O=C(Cn1nc(-c2ccco2)oc1=O)NCCc1ccc(F)cc1. The molecule has 0 radical (unpaired) electrons. The molecule has 2 aromatic heterocycles. The van der Waals surface area contributed by atoms with Crippen molar-refractivity contribution >= 4 is 5.91 Å². The number of benzene rings is 1. The van der Waals surface area contributed by atoms with Crippen molar-refractivity contribution in [1.82, 2.24) is 15.1 Å². The lowest BCUT2D eigenvalue weighted by Crippen LogP contribution is -2.32. The summed E-state index contributed by atoms with van der Waals surface area (Å²) in [6.07, 6.45) is 1.98. The second kappa shape index (κ2) is 6.95. The van der Waals surface area contributed by atoms with Crippen molar-refractivity contribution in [3.8, 4) is 11.7 Å². The Balaban J connectivity index is 1.53. The Hall–Kier alpha value is -3.16. The first-order valence-corrected chi connectivity index (χ1v) is 7.25. The Labute approximate surface area is 135 Å². The summed E-state index contributed by atoms with van der Waals surface area (Å²) in [7, 11) is 0. The van der Waals surface area contributed by atoms with Gasteiger partial charge in [0.15, 0.2) is 5.76 Å². The van der Waals surface area contributed by atoms with Crippen LogP contribution >= 0.6 is 0 Å². The van der Waals surface area contributed by atoms with Gasteiger partial charge in [-0.3, -0.25) is 4.79 Å². The van der Waals surface area contributed by atoms with Crippen LogP contribution in [0.1, 0.15) is 5.56 Å². The standard InChI is InChI=1S/C16H14FN3O4/c17-12-5-3-11(4-6-12)7-8-18-14(21)10-20-16(22)24-15(19-20)13-2-1-9-23-13/h1-6,9H,7-8,10H2,(H,18,21). The van der Waals surface area contributed by atoms with E-state index in [0.717, 1.165) is 10.2 Å². The van der Waals surface area contributed by atoms with E-state index in [2.05, 4.69) is 10.4 Å². The van der Waals surface area contributed by atoms with Crippen LogP contribution < -0.4 is 11.1 Å². The molecule has 0 fully saturated rings. The summed E-state index contributed by atoms with van der Waals surface area (Å²) >= 11 is 0. The maximum Gasteiger partial charge on any atom is 0.437 e. The number of hydrogen-bond donors (Lipinski definition) is 1. The lowest BCUT2D eigenvalue weighted by atomic mass is 10.1. The summed E-state index contributed by atoms with van der Waals surface area (Å²) in [4.78, 5) is 23.5. The van der Waals surface area contributed by atoms with E-state index in [9.17, 15) is 14.0 Å². The summed E-state index contributed by atoms with van der Waals surface area (Å²) in [5.41, 5.74) is 0.899. The van der Waals surface area contributed by atoms with Gasteiger partial charge in [0, 0.05) is 6.54 Å². The fraction of sp³-hybridized carbons (Fsp3) is 0.188. The Morgan fingerprint density at radius 1 is 1.25 bits per heavy atom. The van der Waals surface area contributed by atoms with Crippen molar-refractivity contribution < 1.29 is 18.0 Å². The molecule has 0 unspecified atom stereocenters. The molecule has 1 N–H and O–H groups in total. The Morgan fingerprint density at radius 2 is 2.04 bits per heavy atom. The number of carbonyl (C=O) groups is 1. The van der Waals surface area contributed by atoms with Gasteiger partial charge in [0.05, 0.1) is 6.26 Å². The van der Waals surface area contributed by atoms with Crippen molar-refractivity contribution in [3.63, 3.8) is 0 Å². The molecule has 0 spiro atoms. The number of nitrogens with zero attached hydrogens (tertiary/aromatic N) is 2. The number of furan rings is 1. The Bertz CT molecular complexity index is 866. The largest absolute Gasteiger partial charge is 0.459 e.